The number of anilines is 2. The number of rotatable bonds is 0. The molecule has 1 heterocycles. The zero-order chi connectivity index (χ0) is 8.55. The quantitative estimate of drug-likeness (QED) is 0.647. The Kier molecular flexibility index (Phi) is 3.04. The van der Waals surface area contributed by atoms with Crippen LogP contribution in [-0.4, -0.2) is 13.6 Å². The molecule has 0 spiro atoms. The topological polar surface area (TPSA) is 29.3 Å². The second-order valence-electron chi connectivity index (χ2n) is 3.41. The highest BCUT2D eigenvalue weighted by Crippen LogP contribution is 2.27. The standard InChI is InChI=1S/C10H14N2.ClH/c1-12-6-2-3-8-7-9(11)4-5-10(8)12;/h4-5,7H,2-3,6,11H2,1H3;1H. The summed E-state index contributed by atoms with van der Waals surface area (Å²) in [6, 6.07) is 6.18. The lowest BCUT2D eigenvalue weighted by Gasteiger charge is -2.27. The van der Waals surface area contributed by atoms with Gasteiger partial charge in [-0.05, 0) is 36.6 Å². The first-order valence-corrected chi connectivity index (χ1v) is 4.37. The van der Waals surface area contributed by atoms with Crippen LogP contribution in [0.1, 0.15) is 12.0 Å². The summed E-state index contributed by atoms with van der Waals surface area (Å²) < 4.78 is 0. The van der Waals surface area contributed by atoms with Gasteiger partial charge in [-0.1, -0.05) is 0 Å². The molecule has 0 amide bonds. The van der Waals surface area contributed by atoms with E-state index in [2.05, 4.69) is 24.1 Å². The first kappa shape index (κ1) is 10.2. The van der Waals surface area contributed by atoms with Crippen molar-refractivity contribution in [1.29, 1.82) is 0 Å². The fourth-order valence-electron chi connectivity index (χ4n) is 1.81. The summed E-state index contributed by atoms with van der Waals surface area (Å²) in [6.45, 7) is 1.16. The van der Waals surface area contributed by atoms with Gasteiger partial charge >= 0.3 is 0 Å². The highest BCUT2D eigenvalue weighted by Gasteiger charge is 2.12. The number of nitrogens with two attached hydrogens (primary N) is 1. The van der Waals surface area contributed by atoms with Gasteiger partial charge in [0, 0.05) is 25.0 Å². The van der Waals surface area contributed by atoms with Gasteiger partial charge in [-0.2, -0.15) is 0 Å². The molecule has 1 aliphatic rings. The molecule has 72 valence electrons. The fourth-order valence-corrected chi connectivity index (χ4v) is 1.81. The maximum atomic E-state index is 5.71. The molecule has 0 atom stereocenters. The van der Waals surface area contributed by atoms with Crippen molar-refractivity contribution in [2.75, 3.05) is 24.2 Å². The van der Waals surface area contributed by atoms with Crippen molar-refractivity contribution in [3.8, 4) is 0 Å². The molecule has 3 heteroatoms. The number of hydrogen-bond donors (Lipinski definition) is 1. The normalized spacial score (nSPS) is 14.7. The van der Waals surface area contributed by atoms with Crippen LogP contribution in [0.5, 0.6) is 0 Å². The van der Waals surface area contributed by atoms with Crippen LogP contribution in [0.25, 0.3) is 0 Å². The van der Waals surface area contributed by atoms with Crippen LogP contribution >= 0.6 is 12.4 Å². The van der Waals surface area contributed by atoms with Crippen LogP contribution in [0.4, 0.5) is 11.4 Å². The molecule has 0 unspecified atom stereocenters. The van der Waals surface area contributed by atoms with E-state index >= 15 is 0 Å². The smallest absolute Gasteiger partial charge is 0.0397 e. The van der Waals surface area contributed by atoms with E-state index in [1.807, 2.05) is 6.07 Å². The van der Waals surface area contributed by atoms with Crippen LogP contribution in [0.3, 0.4) is 0 Å². The van der Waals surface area contributed by atoms with Crippen molar-refractivity contribution in [3.63, 3.8) is 0 Å². The average molecular weight is 199 g/mol. The Morgan fingerprint density at radius 1 is 1.38 bits per heavy atom. The highest BCUT2D eigenvalue weighted by atomic mass is 35.5. The molecule has 13 heavy (non-hydrogen) atoms. The zero-order valence-electron chi connectivity index (χ0n) is 7.79. The van der Waals surface area contributed by atoms with Gasteiger partial charge < -0.3 is 10.6 Å². The van der Waals surface area contributed by atoms with Crippen LogP contribution in [-0.2, 0) is 6.42 Å². The van der Waals surface area contributed by atoms with Crippen molar-refractivity contribution >= 4 is 23.8 Å². The Labute approximate surface area is 85.1 Å². The van der Waals surface area contributed by atoms with Gasteiger partial charge in [-0.15, -0.1) is 12.4 Å². The number of aryl methyl sites for hydroxylation is 1. The molecular formula is C10H15ClN2. The number of halogens is 1. The molecule has 1 aromatic rings. The predicted octanol–water partition coefficient (Wildman–Crippen LogP) is 2.07. The Hall–Kier alpha value is -0.890. The van der Waals surface area contributed by atoms with Crippen LogP contribution < -0.4 is 10.6 Å². The molecule has 0 saturated heterocycles. The Morgan fingerprint density at radius 3 is 2.92 bits per heavy atom. The first-order valence-electron chi connectivity index (χ1n) is 4.37. The van der Waals surface area contributed by atoms with Gasteiger partial charge in [0.05, 0.1) is 0 Å². The lowest BCUT2D eigenvalue weighted by molar-refractivity contribution is 0.745. The lowest BCUT2D eigenvalue weighted by atomic mass is 10.0. The van der Waals surface area contributed by atoms with Crippen LogP contribution in [0, 0.1) is 0 Å². The Balaban J connectivity index is 0.000000845. The van der Waals surface area contributed by atoms with E-state index in [1.54, 1.807) is 0 Å². The second kappa shape index (κ2) is 3.88. The molecule has 0 aliphatic carbocycles. The maximum absolute atomic E-state index is 5.71. The summed E-state index contributed by atoms with van der Waals surface area (Å²) in [6.07, 6.45) is 2.41. The minimum Gasteiger partial charge on any atom is -0.399 e. The summed E-state index contributed by atoms with van der Waals surface area (Å²) in [4.78, 5) is 2.29. The summed E-state index contributed by atoms with van der Waals surface area (Å²) in [5, 5.41) is 0. The molecule has 0 radical (unpaired) electrons. The third-order valence-electron chi connectivity index (χ3n) is 2.45. The number of nitrogens with zero attached hydrogens (tertiary/aromatic N) is 1. The molecule has 1 aromatic carbocycles. The molecule has 2 nitrogen and oxygen atoms in total. The third kappa shape index (κ3) is 1.89. The lowest BCUT2D eigenvalue weighted by Crippen LogP contribution is -2.24. The van der Waals surface area contributed by atoms with Gasteiger partial charge in [0.1, 0.15) is 0 Å². The maximum Gasteiger partial charge on any atom is 0.0397 e. The van der Waals surface area contributed by atoms with Gasteiger partial charge in [0.25, 0.3) is 0 Å². The number of nitrogen functional groups attached to an aromatic ring is 1. The Morgan fingerprint density at radius 2 is 2.15 bits per heavy atom. The number of hydrogen-bond acceptors (Lipinski definition) is 2. The summed E-state index contributed by atoms with van der Waals surface area (Å²) in [7, 11) is 2.13. The van der Waals surface area contributed by atoms with E-state index in [0.29, 0.717) is 0 Å². The first-order chi connectivity index (χ1) is 5.77. The molecule has 2 rings (SSSR count). The monoisotopic (exact) mass is 198 g/mol. The van der Waals surface area contributed by atoms with Crippen LogP contribution in [0.15, 0.2) is 18.2 Å². The highest BCUT2D eigenvalue weighted by molar-refractivity contribution is 5.85. The van der Waals surface area contributed by atoms with Crippen molar-refractivity contribution in [1.82, 2.24) is 0 Å². The molecule has 2 N–H and O–H groups in total. The molecule has 0 bridgehead atoms. The van der Waals surface area contributed by atoms with E-state index in [1.165, 1.54) is 24.1 Å². The summed E-state index contributed by atoms with van der Waals surface area (Å²) >= 11 is 0. The largest absolute Gasteiger partial charge is 0.399 e. The van der Waals surface area contributed by atoms with E-state index in [0.717, 1.165) is 12.2 Å². The average Bonchev–Trinajstić information content (AvgIpc) is 2.04. The second-order valence-corrected chi connectivity index (χ2v) is 3.41. The molecule has 0 aromatic heterocycles. The molecule has 0 saturated carbocycles. The molecule has 1 aliphatic heterocycles. The van der Waals surface area contributed by atoms with E-state index < -0.39 is 0 Å². The van der Waals surface area contributed by atoms with Gasteiger partial charge in [0.15, 0.2) is 0 Å². The SMILES string of the molecule is CN1CCCc2cc(N)ccc21.Cl. The minimum absolute atomic E-state index is 0. The fraction of sp³-hybridized carbons (Fsp3) is 0.400. The minimum atomic E-state index is 0. The van der Waals surface area contributed by atoms with Crippen LogP contribution in [0.2, 0.25) is 0 Å². The molecule has 0 fully saturated rings. The molecular weight excluding hydrogens is 184 g/mol. The summed E-state index contributed by atoms with van der Waals surface area (Å²) in [5.41, 5.74) is 9.32. The van der Waals surface area contributed by atoms with Crippen molar-refractivity contribution in [2.24, 2.45) is 0 Å². The van der Waals surface area contributed by atoms with Gasteiger partial charge in [-0.3, -0.25) is 0 Å². The van der Waals surface area contributed by atoms with E-state index in [-0.39, 0.29) is 12.4 Å². The van der Waals surface area contributed by atoms with Crippen molar-refractivity contribution in [3.05, 3.63) is 23.8 Å². The van der Waals surface area contributed by atoms with Crippen molar-refractivity contribution in [2.45, 2.75) is 12.8 Å². The van der Waals surface area contributed by atoms with Crippen molar-refractivity contribution < 1.29 is 0 Å². The number of benzene rings is 1. The Bertz CT molecular complexity index is 299. The van der Waals surface area contributed by atoms with E-state index in [9.17, 15) is 0 Å². The van der Waals surface area contributed by atoms with Gasteiger partial charge in [0.2, 0.25) is 0 Å². The number of fused-ring (bicyclic) bond motifs is 1. The third-order valence-corrected chi connectivity index (χ3v) is 2.45. The van der Waals surface area contributed by atoms with E-state index in [4.69, 9.17) is 5.73 Å². The summed E-state index contributed by atoms with van der Waals surface area (Å²) in [5.74, 6) is 0. The zero-order valence-corrected chi connectivity index (χ0v) is 8.60. The van der Waals surface area contributed by atoms with Gasteiger partial charge in [-0.25, -0.2) is 0 Å². The predicted molar refractivity (Wildman–Crippen MR) is 59.7 cm³/mol.